The van der Waals surface area contributed by atoms with E-state index in [-0.39, 0.29) is 5.97 Å². The largest absolute Gasteiger partial charge is 0.462 e. The van der Waals surface area contributed by atoms with Crippen molar-refractivity contribution >= 4 is 5.97 Å². The van der Waals surface area contributed by atoms with Crippen LogP contribution in [0, 0.1) is 5.92 Å². The molecule has 1 aromatic rings. The predicted octanol–water partition coefficient (Wildman–Crippen LogP) is 4.23. The normalized spacial score (nSPS) is 10.7. The zero-order valence-corrected chi connectivity index (χ0v) is 11.7. The summed E-state index contributed by atoms with van der Waals surface area (Å²) < 4.78 is 5.22. The molecular weight excluding hydrogens is 224 g/mol. The Kier molecular flexibility index (Phi) is 6.48. The van der Waals surface area contributed by atoms with E-state index in [1.165, 1.54) is 18.4 Å². The van der Waals surface area contributed by atoms with Gasteiger partial charge in [-0.3, -0.25) is 0 Å². The van der Waals surface area contributed by atoms with Crippen LogP contribution in [0.5, 0.6) is 0 Å². The van der Waals surface area contributed by atoms with E-state index in [0.717, 1.165) is 12.8 Å². The molecule has 1 rings (SSSR count). The molecule has 0 fully saturated rings. The summed E-state index contributed by atoms with van der Waals surface area (Å²) in [5, 5.41) is 0. The number of unbranched alkanes of at least 4 members (excludes halogenated alkanes) is 1. The third-order valence-corrected chi connectivity index (χ3v) is 2.94. The number of carbonyl (C=O) groups excluding carboxylic acids is 1. The molecule has 1 aromatic carbocycles. The standard InChI is InChI=1S/C16H24O2/c1-4-5-6-14-7-9-15(10-8-14)16(17)18-12-11-13(2)3/h7-10,13H,4-6,11-12H2,1-3H3. The fraction of sp³-hybridized carbons (Fsp3) is 0.562. The molecule has 100 valence electrons. The minimum absolute atomic E-state index is 0.210. The SMILES string of the molecule is CCCCc1ccc(C(=O)OCCC(C)C)cc1. The number of ether oxygens (including phenoxy) is 1. The Hall–Kier alpha value is -1.31. The molecular formula is C16H24O2. The average molecular weight is 248 g/mol. The second-order valence-electron chi connectivity index (χ2n) is 5.12. The number of hydrogen-bond acceptors (Lipinski definition) is 2. The maximum absolute atomic E-state index is 11.7. The smallest absolute Gasteiger partial charge is 0.338 e. The minimum Gasteiger partial charge on any atom is -0.462 e. The van der Waals surface area contributed by atoms with Crippen LogP contribution in [0.15, 0.2) is 24.3 Å². The van der Waals surface area contributed by atoms with Gasteiger partial charge in [0, 0.05) is 0 Å². The Morgan fingerprint density at radius 3 is 2.44 bits per heavy atom. The highest BCUT2D eigenvalue weighted by Gasteiger charge is 2.07. The molecule has 2 nitrogen and oxygen atoms in total. The molecule has 0 aliphatic heterocycles. The van der Waals surface area contributed by atoms with E-state index in [0.29, 0.717) is 18.1 Å². The monoisotopic (exact) mass is 248 g/mol. The molecule has 0 aromatic heterocycles. The molecule has 2 heteroatoms. The zero-order valence-electron chi connectivity index (χ0n) is 11.7. The maximum atomic E-state index is 11.7. The van der Waals surface area contributed by atoms with Gasteiger partial charge in [-0.05, 0) is 42.9 Å². The highest BCUT2D eigenvalue weighted by molar-refractivity contribution is 5.89. The fourth-order valence-corrected chi connectivity index (χ4v) is 1.66. The highest BCUT2D eigenvalue weighted by atomic mass is 16.5. The van der Waals surface area contributed by atoms with Crippen molar-refractivity contribution < 1.29 is 9.53 Å². The van der Waals surface area contributed by atoms with Gasteiger partial charge in [0.25, 0.3) is 0 Å². The Morgan fingerprint density at radius 1 is 1.22 bits per heavy atom. The first-order valence-corrected chi connectivity index (χ1v) is 6.89. The maximum Gasteiger partial charge on any atom is 0.338 e. The molecule has 0 amide bonds. The first-order chi connectivity index (χ1) is 8.63. The lowest BCUT2D eigenvalue weighted by Crippen LogP contribution is -2.08. The third kappa shape index (κ3) is 5.35. The average Bonchev–Trinajstić information content (AvgIpc) is 2.36. The van der Waals surface area contributed by atoms with Gasteiger partial charge in [-0.2, -0.15) is 0 Å². The summed E-state index contributed by atoms with van der Waals surface area (Å²) in [5.74, 6) is 0.354. The summed E-state index contributed by atoms with van der Waals surface area (Å²) in [6.07, 6.45) is 4.39. The number of carbonyl (C=O) groups is 1. The summed E-state index contributed by atoms with van der Waals surface area (Å²) in [5.41, 5.74) is 1.94. The van der Waals surface area contributed by atoms with Gasteiger partial charge in [0.15, 0.2) is 0 Å². The van der Waals surface area contributed by atoms with Gasteiger partial charge in [0.1, 0.15) is 0 Å². The summed E-state index contributed by atoms with van der Waals surface area (Å²) in [4.78, 5) is 11.7. The molecule has 0 radical (unpaired) electrons. The van der Waals surface area contributed by atoms with Crippen molar-refractivity contribution in [3.8, 4) is 0 Å². The van der Waals surface area contributed by atoms with Gasteiger partial charge in [0.05, 0.1) is 12.2 Å². The Morgan fingerprint density at radius 2 is 1.89 bits per heavy atom. The number of rotatable bonds is 7. The highest BCUT2D eigenvalue weighted by Crippen LogP contribution is 2.09. The second-order valence-corrected chi connectivity index (χ2v) is 5.12. The van der Waals surface area contributed by atoms with Crippen molar-refractivity contribution in [2.24, 2.45) is 5.92 Å². The molecule has 18 heavy (non-hydrogen) atoms. The van der Waals surface area contributed by atoms with Crippen LogP contribution in [0.1, 0.15) is 56.0 Å². The van der Waals surface area contributed by atoms with E-state index in [9.17, 15) is 4.79 Å². The van der Waals surface area contributed by atoms with Crippen molar-refractivity contribution in [3.63, 3.8) is 0 Å². The molecule has 0 aliphatic carbocycles. The van der Waals surface area contributed by atoms with Crippen molar-refractivity contribution in [2.45, 2.75) is 46.5 Å². The van der Waals surface area contributed by atoms with E-state index in [1.807, 2.05) is 24.3 Å². The molecule has 0 saturated carbocycles. The minimum atomic E-state index is -0.210. The van der Waals surface area contributed by atoms with E-state index in [1.54, 1.807) is 0 Å². The second kappa shape index (κ2) is 7.91. The molecule has 0 spiro atoms. The molecule has 0 atom stereocenters. The number of esters is 1. The van der Waals surface area contributed by atoms with Crippen molar-refractivity contribution in [2.75, 3.05) is 6.61 Å². The van der Waals surface area contributed by atoms with Crippen LogP contribution in [0.2, 0.25) is 0 Å². The van der Waals surface area contributed by atoms with Crippen LogP contribution in [-0.2, 0) is 11.2 Å². The van der Waals surface area contributed by atoms with Crippen molar-refractivity contribution in [3.05, 3.63) is 35.4 Å². The third-order valence-electron chi connectivity index (χ3n) is 2.94. The zero-order chi connectivity index (χ0) is 13.4. The number of aryl methyl sites for hydroxylation is 1. The van der Waals surface area contributed by atoms with Gasteiger partial charge in [0.2, 0.25) is 0 Å². The van der Waals surface area contributed by atoms with Crippen molar-refractivity contribution in [1.82, 2.24) is 0 Å². The molecule has 0 heterocycles. The fourth-order valence-electron chi connectivity index (χ4n) is 1.66. The summed E-state index contributed by atoms with van der Waals surface area (Å²) in [6, 6.07) is 7.77. The van der Waals surface area contributed by atoms with Gasteiger partial charge >= 0.3 is 5.97 Å². The number of benzene rings is 1. The van der Waals surface area contributed by atoms with E-state index < -0.39 is 0 Å². The first kappa shape index (κ1) is 14.7. The predicted molar refractivity (Wildman–Crippen MR) is 74.8 cm³/mol. The van der Waals surface area contributed by atoms with Crippen LogP contribution in [0.4, 0.5) is 0 Å². The number of hydrogen-bond donors (Lipinski definition) is 0. The van der Waals surface area contributed by atoms with Crippen LogP contribution >= 0.6 is 0 Å². The Labute approximate surface area is 110 Å². The quantitative estimate of drug-likeness (QED) is 0.675. The van der Waals surface area contributed by atoms with Crippen LogP contribution in [-0.4, -0.2) is 12.6 Å². The summed E-state index contributed by atoms with van der Waals surface area (Å²) in [6.45, 7) is 6.93. The lowest BCUT2D eigenvalue weighted by Gasteiger charge is -2.07. The summed E-state index contributed by atoms with van der Waals surface area (Å²) in [7, 11) is 0. The first-order valence-electron chi connectivity index (χ1n) is 6.89. The summed E-state index contributed by atoms with van der Waals surface area (Å²) >= 11 is 0. The van der Waals surface area contributed by atoms with E-state index in [2.05, 4.69) is 20.8 Å². The van der Waals surface area contributed by atoms with Crippen LogP contribution < -0.4 is 0 Å². The van der Waals surface area contributed by atoms with Crippen LogP contribution in [0.25, 0.3) is 0 Å². The van der Waals surface area contributed by atoms with Gasteiger partial charge in [-0.1, -0.05) is 39.3 Å². The molecule has 0 aliphatic rings. The lowest BCUT2D eigenvalue weighted by molar-refractivity contribution is 0.0488. The van der Waals surface area contributed by atoms with Crippen LogP contribution in [0.3, 0.4) is 0 Å². The molecule has 0 bridgehead atoms. The van der Waals surface area contributed by atoms with E-state index in [4.69, 9.17) is 4.74 Å². The van der Waals surface area contributed by atoms with Gasteiger partial charge in [-0.25, -0.2) is 4.79 Å². The Balaban J connectivity index is 2.43. The van der Waals surface area contributed by atoms with E-state index >= 15 is 0 Å². The molecule has 0 saturated heterocycles. The van der Waals surface area contributed by atoms with Gasteiger partial charge < -0.3 is 4.74 Å². The van der Waals surface area contributed by atoms with Crippen molar-refractivity contribution in [1.29, 1.82) is 0 Å². The topological polar surface area (TPSA) is 26.3 Å². The molecule has 0 N–H and O–H groups in total. The van der Waals surface area contributed by atoms with Gasteiger partial charge in [-0.15, -0.1) is 0 Å². The Bertz CT molecular complexity index is 352. The molecule has 0 unspecified atom stereocenters. The lowest BCUT2D eigenvalue weighted by atomic mass is 10.1.